The molecule has 0 spiro atoms. The van der Waals surface area contributed by atoms with E-state index in [1.54, 1.807) is 12.1 Å². The van der Waals surface area contributed by atoms with Crippen LogP contribution >= 0.6 is 24.0 Å². The van der Waals surface area contributed by atoms with Crippen molar-refractivity contribution in [3.8, 4) is 5.75 Å². The van der Waals surface area contributed by atoms with Gasteiger partial charge in [0.25, 0.3) is 0 Å². The van der Waals surface area contributed by atoms with E-state index in [0.717, 1.165) is 57.8 Å². The minimum absolute atomic E-state index is 0. The minimum Gasteiger partial charge on any atom is -0.494 e. The van der Waals surface area contributed by atoms with Crippen molar-refractivity contribution in [2.24, 2.45) is 4.99 Å². The van der Waals surface area contributed by atoms with E-state index in [1.807, 2.05) is 11.8 Å². The van der Waals surface area contributed by atoms with Gasteiger partial charge in [0.1, 0.15) is 11.6 Å². The normalized spacial score (nSPS) is 14.0. The van der Waals surface area contributed by atoms with E-state index in [-0.39, 0.29) is 35.7 Å². The van der Waals surface area contributed by atoms with Crippen LogP contribution < -0.4 is 15.4 Å². The van der Waals surface area contributed by atoms with Gasteiger partial charge in [0, 0.05) is 39.1 Å². The maximum absolute atomic E-state index is 12.8. The average molecular weight is 506 g/mol. The molecule has 28 heavy (non-hydrogen) atoms. The zero-order chi connectivity index (χ0) is 19.3. The monoisotopic (exact) mass is 506 g/mol. The summed E-state index contributed by atoms with van der Waals surface area (Å²) in [6.07, 6.45) is 4.41. The van der Waals surface area contributed by atoms with Gasteiger partial charge < -0.3 is 20.3 Å². The summed E-state index contributed by atoms with van der Waals surface area (Å²) in [7, 11) is 0. The fraction of sp³-hybridized carbons (Fsp3) is 0.600. The summed E-state index contributed by atoms with van der Waals surface area (Å²) in [5, 5.41) is 6.55. The molecular weight excluding hydrogens is 474 g/mol. The van der Waals surface area contributed by atoms with Gasteiger partial charge in [-0.25, -0.2) is 4.39 Å². The molecule has 0 unspecified atom stereocenters. The van der Waals surface area contributed by atoms with E-state index in [1.165, 1.54) is 12.1 Å². The summed E-state index contributed by atoms with van der Waals surface area (Å²) in [6, 6.07) is 6.07. The minimum atomic E-state index is -0.256. The molecule has 1 aliphatic heterocycles. The van der Waals surface area contributed by atoms with Crippen molar-refractivity contribution in [3.63, 3.8) is 0 Å². The van der Waals surface area contributed by atoms with Gasteiger partial charge in [-0.15, -0.1) is 24.0 Å². The van der Waals surface area contributed by atoms with Crippen molar-refractivity contribution in [2.45, 2.75) is 39.0 Å². The zero-order valence-electron chi connectivity index (χ0n) is 16.6. The predicted octanol–water partition coefficient (Wildman–Crippen LogP) is 3.17. The van der Waals surface area contributed by atoms with Crippen molar-refractivity contribution in [3.05, 3.63) is 30.1 Å². The summed E-state index contributed by atoms with van der Waals surface area (Å²) in [4.78, 5) is 18.1. The Morgan fingerprint density at radius 2 is 2.00 bits per heavy atom. The second kappa shape index (κ2) is 14.4. The fourth-order valence-corrected chi connectivity index (χ4v) is 2.89. The molecule has 1 aromatic carbocycles. The number of ether oxygens (including phenoxy) is 1. The highest BCUT2D eigenvalue weighted by Gasteiger charge is 2.18. The molecular formula is C20H32FIN4O2. The van der Waals surface area contributed by atoms with E-state index >= 15 is 0 Å². The molecule has 1 heterocycles. The van der Waals surface area contributed by atoms with Crippen molar-refractivity contribution < 1.29 is 13.9 Å². The Morgan fingerprint density at radius 3 is 2.68 bits per heavy atom. The second-order valence-corrected chi connectivity index (χ2v) is 6.53. The molecule has 0 atom stereocenters. The van der Waals surface area contributed by atoms with E-state index in [4.69, 9.17) is 4.74 Å². The Hall–Kier alpha value is -1.58. The summed E-state index contributed by atoms with van der Waals surface area (Å²) < 4.78 is 18.4. The molecule has 6 nitrogen and oxygen atoms in total. The van der Waals surface area contributed by atoms with Gasteiger partial charge in [0.05, 0.1) is 6.61 Å². The molecule has 1 saturated heterocycles. The predicted molar refractivity (Wildman–Crippen MR) is 121 cm³/mol. The van der Waals surface area contributed by atoms with Crippen molar-refractivity contribution in [2.75, 3.05) is 39.3 Å². The smallest absolute Gasteiger partial charge is 0.222 e. The molecule has 1 fully saturated rings. The summed E-state index contributed by atoms with van der Waals surface area (Å²) in [5.41, 5.74) is 0. The van der Waals surface area contributed by atoms with Crippen LogP contribution in [0.1, 0.15) is 39.0 Å². The van der Waals surface area contributed by atoms with Crippen LogP contribution in [-0.2, 0) is 4.79 Å². The molecule has 2 N–H and O–H groups in total. The first-order chi connectivity index (χ1) is 13.2. The molecule has 0 saturated carbocycles. The van der Waals surface area contributed by atoms with Gasteiger partial charge in [-0.2, -0.15) is 0 Å². The lowest BCUT2D eigenvalue weighted by Crippen LogP contribution is -2.38. The van der Waals surface area contributed by atoms with Gasteiger partial charge in [0.15, 0.2) is 5.96 Å². The first-order valence-corrected chi connectivity index (χ1v) is 9.87. The number of nitrogens with one attached hydrogen (secondary N) is 2. The summed E-state index contributed by atoms with van der Waals surface area (Å²) >= 11 is 0. The van der Waals surface area contributed by atoms with Crippen molar-refractivity contribution in [1.29, 1.82) is 0 Å². The molecule has 1 aliphatic rings. The number of unbranched alkanes of at least 4 members (excludes halogenated alkanes) is 1. The number of guanidine groups is 1. The fourth-order valence-electron chi connectivity index (χ4n) is 2.89. The van der Waals surface area contributed by atoms with Crippen molar-refractivity contribution in [1.82, 2.24) is 15.5 Å². The zero-order valence-corrected chi connectivity index (χ0v) is 18.9. The molecule has 0 radical (unpaired) electrons. The van der Waals surface area contributed by atoms with Gasteiger partial charge in [0.2, 0.25) is 5.91 Å². The molecule has 0 bridgehead atoms. The maximum atomic E-state index is 12.8. The molecule has 8 heteroatoms. The molecule has 2 rings (SSSR count). The molecule has 0 aromatic heterocycles. The average Bonchev–Trinajstić information content (AvgIpc) is 3.07. The third kappa shape index (κ3) is 9.57. The number of halogens is 2. The number of benzene rings is 1. The SMILES string of the molecule is CCNC(=NCCCN1CCCC1=O)NCCCCOc1ccc(F)cc1.I. The molecule has 1 amide bonds. The van der Waals surface area contributed by atoms with Crippen LogP contribution in [0.2, 0.25) is 0 Å². The van der Waals surface area contributed by atoms with Gasteiger partial charge in [-0.3, -0.25) is 9.79 Å². The highest BCUT2D eigenvalue weighted by atomic mass is 127. The largest absolute Gasteiger partial charge is 0.494 e. The number of nitrogens with zero attached hydrogens (tertiary/aromatic N) is 2. The lowest BCUT2D eigenvalue weighted by atomic mass is 10.3. The Balaban J connectivity index is 0.00000392. The van der Waals surface area contributed by atoms with Crippen LogP contribution in [0, 0.1) is 5.82 Å². The Labute approximate surface area is 184 Å². The standard InChI is InChI=1S/C20H31FN4O2.HI/c1-2-22-20(24-13-6-15-25-14-5-7-19(25)26)23-12-3-4-16-27-18-10-8-17(21)9-11-18;/h8-11H,2-7,12-16H2,1H3,(H2,22,23,24);1H. The van der Waals surface area contributed by atoms with E-state index < -0.39 is 0 Å². The number of amides is 1. The number of rotatable bonds is 11. The second-order valence-electron chi connectivity index (χ2n) is 6.53. The van der Waals surface area contributed by atoms with Gasteiger partial charge in [-0.1, -0.05) is 0 Å². The number of hydrogen-bond acceptors (Lipinski definition) is 3. The van der Waals surface area contributed by atoms with Crippen LogP contribution in [0.3, 0.4) is 0 Å². The quantitative estimate of drug-likeness (QED) is 0.210. The Morgan fingerprint density at radius 1 is 1.21 bits per heavy atom. The van der Waals surface area contributed by atoms with Crippen LogP contribution in [-0.4, -0.2) is 56.1 Å². The lowest BCUT2D eigenvalue weighted by molar-refractivity contribution is -0.127. The Kier molecular flexibility index (Phi) is 12.6. The molecule has 158 valence electrons. The Bertz CT molecular complexity index is 598. The number of aliphatic imine (C=N–C) groups is 1. The van der Waals surface area contributed by atoms with Crippen LogP contribution in [0.15, 0.2) is 29.3 Å². The first kappa shape index (κ1) is 24.5. The topological polar surface area (TPSA) is 66.0 Å². The van der Waals surface area contributed by atoms with Gasteiger partial charge >= 0.3 is 0 Å². The van der Waals surface area contributed by atoms with Crippen molar-refractivity contribution >= 4 is 35.8 Å². The first-order valence-electron chi connectivity index (χ1n) is 9.87. The van der Waals surface area contributed by atoms with Crippen LogP contribution in [0.4, 0.5) is 4.39 Å². The number of hydrogen-bond donors (Lipinski definition) is 2. The number of carbonyl (C=O) groups is 1. The van der Waals surface area contributed by atoms with Crippen LogP contribution in [0.25, 0.3) is 0 Å². The third-order valence-corrected chi connectivity index (χ3v) is 4.32. The third-order valence-electron chi connectivity index (χ3n) is 4.32. The van der Waals surface area contributed by atoms with Gasteiger partial charge in [-0.05, 0) is 56.9 Å². The van der Waals surface area contributed by atoms with E-state index in [0.29, 0.717) is 25.3 Å². The molecule has 0 aliphatic carbocycles. The summed E-state index contributed by atoms with van der Waals surface area (Å²) in [6.45, 7) is 6.64. The lowest BCUT2D eigenvalue weighted by Gasteiger charge is -2.15. The molecule has 1 aromatic rings. The number of likely N-dealkylation sites (tertiary alicyclic amines) is 1. The van der Waals surface area contributed by atoms with E-state index in [2.05, 4.69) is 15.6 Å². The summed E-state index contributed by atoms with van der Waals surface area (Å²) in [5.74, 6) is 1.51. The van der Waals surface area contributed by atoms with E-state index in [9.17, 15) is 9.18 Å². The highest BCUT2D eigenvalue weighted by molar-refractivity contribution is 14.0. The van der Waals surface area contributed by atoms with Crippen LogP contribution in [0.5, 0.6) is 5.75 Å². The maximum Gasteiger partial charge on any atom is 0.222 e. The highest BCUT2D eigenvalue weighted by Crippen LogP contribution is 2.11. The number of carbonyl (C=O) groups excluding carboxylic acids is 1.